The van der Waals surface area contributed by atoms with E-state index in [2.05, 4.69) is 27.7 Å². The summed E-state index contributed by atoms with van der Waals surface area (Å²) in [5.41, 5.74) is 0. The Bertz CT molecular complexity index is 128. The SMILES string of the molecule is CCCCCCC(CC)CCCC(C)CC. The summed E-state index contributed by atoms with van der Waals surface area (Å²) in [6.45, 7) is 9.37. The van der Waals surface area contributed by atoms with Crippen molar-refractivity contribution in [1.29, 1.82) is 0 Å². The lowest BCUT2D eigenvalue weighted by Gasteiger charge is -2.15. The van der Waals surface area contributed by atoms with E-state index >= 15 is 0 Å². The van der Waals surface area contributed by atoms with Crippen LogP contribution in [-0.2, 0) is 0 Å². The zero-order valence-electron chi connectivity index (χ0n) is 12.2. The van der Waals surface area contributed by atoms with E-state index in [0.717, 1.165) is 11.8 Å². The van der Waals surface area contributed by atoms with Gasteiger partial charge in [0.1, 0.15) is 0 Å². The first-order valence-electron chi connectivity index (χ1n) is 7.74. The van der Waals surface area contributed by atoms with Gasteiger partial charge in [0.05, 0.1) is 0 Å². The molecule has 0 nitrogen and oxygen atoms in total. The van der Waals surface area contributed by atoms with Crippen LogP contribution in [0.3, 0.4) is 0 Å². The molecule has 0 rings (SSSR count). The van der Waals surface area contributed by atoms with Crippen LogP contribution in [0, 0.1) is 11.8 Å². The van der Waals surface area contributed by atoms with E-state index in [9.17, 15) is 0 Å². The van der Waals surface area contributed by atoms with Crippen LogP contribution in [0.5, 0.6) is 0 Å². The number of rotatable bonds is 11. The highest BCUT2D eigenvalue weighted by atomic mass is 14.1. The lowest BCUT2D eigenvalue weighted by atomic mass is 9.91. The fourth-order valence-corrected chi connectivity index (χ4v) is 2.37. The Kier molecular flexibility index (Phi) is 11.5. The molecule has 16 heavy (non-hydrogen) atoms. The van der Waals surface area contributed by atoms with Crippen molar-refractivity contribution in [2.24, 2.45) is 11.8 Å². The molecule has 0 heteroatoms. The molecule has 0 bridgehead atoms. The summed E-state index contributed by atoms with van der Waals surface area (Å²) in [6, 6.07) is 0. The number of unbranched alkanes of at least 4 members (excludes halogenated alkanes) is 3. The Morgan fingerprint density at radius 3 is 1.94 bits per heavy atom. The molecular weight excluding hydrogens is 192 g/mol. The summed E-state index contributed by atoms with van der Waals surface area (Å²) < 4.78 is 0. The third-order valence-corrected chi connectivity index (χ3v) is 4.05. The van der Waals surface area contributed by atoms with Gasteiger partial charge in [-0.2, -0.15) is 0 Å². The molecule has 98 valence electrons. The Labute approximate surface area is 104 Å². The maximum Gasteiger partial charge on any atom is -0.0417 e. The van der Waals surface area contributed by atoms with E-state index in [-0.39, 0.29) is 0 Å². The first-order chi connectivity index (χ1) is 7.74. The van der Waals surface area contributed by atoms with Gasteiger partial charge in [0.15, 0.2) is 0 Å². The Morgan fingerprint density at radius 2 is 1.38 bits per heavy atom. The van der Waals surface area contributed by atoms with Gasteiger partial charge in [-0.05, 0) is 11.8 Å². The fourth-order valence-electron chi connectivity index (χ4n) is 2.37. The van der Waals surface area contributed by atoms with Gasteiger partial charge < -0.3 is 0 Å². The van der Waals surface area contributed by atoms with E-state index in [1.165, 1.54) is 64.2 Å². The van der Waals surface area contributed by atoms with Crippen molar-refractivity contribution in [1.82, 2.24) is 0 Å². The van der Waals surface area contributed by atoms with Crippen LogP contribution >= 0.6 is 0 Å². The van der Waals surface area contributed by atoms with Crippen LogP contribution in [0.15, 0.2) is 0 Å². The van der Waals surface area contributed by atoms with E-state index in [0.29, 0.717) is 0 Å². The highest BCUT2D eigenvalue weighted by molar-refractivity contribution is 4.60. The largest absolute Gasteiger partial charge is 0.0654 e. The first-order valence-corrected chi connectivity index (χ1v) is 7.74. The van der Waals surface area contributed by atoms with Crippen LogP contribution in [0.25, 0.3) is 0 Å². The molecule has 0 aromatic rings. The second-order valence-corrected chi connectivity index (χ2v) is 5.57. The van der Waals surface area contributed by atoms with Crippen molar-refractivity contribution in [3.8, 4) is 0 Å². The molecule has 0 saturated carbocycles. The van der Waals surface area contributed by atoms with E-state index in [1.807, 2.05) is 0 Å². The molecular formula is C16H34. The van der Waals surface area contributed by atoms with Crippen molar-refractivity contribution >= 4 is 0 Å². The standard InChI is InChI=1S/C16H34/c1-5-8-9-10-13-16(7-3)14-11-12-15(4)6-2/h15-16H,5-14H2,1-4H3. The average molecular weight is 226 g/mol. The molecule has 2 unspecified atom stereocenters. The predicted octanol–water partition coefficient (Wildman–Crippen LogP) is 6.20. The summed E-state index contributed by atoms with van der Waals surface area (Å²) in [5, 5.41) is 0. The van der Waals surface area contributed by atoms with Crippen molar-refractivity contribution in [2.45, 2.75) is 91.9 Å². The summed E-state index contributed by atoms with van der Waals surface area (Å²) in [7, 11) is 0. The van der Waals surface area contributed by atoms with Crippen LogP contribution in [0.4, 0.5) is 0 Å². The summed E-state index contributed by atoms with van der Waals surface area (Å²) in [4.78, 5) is 0. The zero-order chi connectivity index (χ0) is 12.2. The first kappa shape index (κ1) is 16.0. The molecule has 2 atom stereocenters. The maximum atomic E-state index is 2.39. The van der Waals surface area contributed by atoms with Gasteiger partial charge in [-0.15, -0.1) is 0 Å². The smallest absolute Gasteiger partial charge is 0.0417 e. The van der Waals surface area contributed by atoms with Crippen LogP contribution in [0.1, 0.15) is 91.9 Å². The van der Waals surface area contributed by atoms with Crippen molar-refractivity contribution in [3.05, 3.63) is 0 Å². The molecule has 0 aliphatic carbocycles. The minimum atomic E-state index is 0.942. The van der Waals surface area contributed by atoms with E-state index in [1.54, 1.807) is 0 Å². The highest BCUT2D eigenvalue weighted by Gasteiger charge is 2.07. The van der Waals surface area contributed by atoms with Gasteiger partial charge in [0.25, 0.3) is 0 Å². The summed E-state index contributed by atoms with van der Waals surface area (Å²) in [6.07, 6.45) is 14.3. The highest BCUT2D eigenvalue weighted by Crippen LogP contribution is 2.22. The summed E-state index contributed by atoms with van der Waals surface area (Å²) >= 11 is 0. The third kappa shape index (κ3) is 9.24. The average Bonchev–Trinajstić information content (AvgIpc) is 2.31. The predicted molar refractivity (Wildman–Crippen MR) is 75.8 cm³/mol. The number of hydrogen-bond donors (Lipinski definition) is 0. The molecule has 0 fully saturated rings. The van der Waals surface area contributed by atoms with Crippen LogP contribution in [0.2, 0.25) is 0 Å². The molecule has 0 saturated heterocycles. The Hall–Kier alpha value is 0. The third-order valence-electron chi connectivity index (χ3n) is 4.05. The van der Waals surface area contributed by atoms with Gasteiger partial charge in [-0.25, -0.2) is 0 Å². The van der Waals surface area contributed by atoms with Crippen molar-refractivity contribution in [3.63, 3.8) is 0 Å². The maximum absolute atomic E-state index is 2.39. The lowest BCUT2D eigenvalue weighted by molar-refractivity contribution is 0.376. The molecule has 0 aromatic heterocycles. The molecule has 0 radical (unpaired) electrons. The van der Waals surface area contributed by atoms with Gasteiger partial charge in [0, 0.05) is 0 Å². The second kappa shape index (κ2) is 11.5. The molecule has 0 N–H and O–H groups in total. The Morgan fingerprint density at radius 1 is 0.688 bits per heavy atom. The summed E-state index contributed by atoms with van der Waals surface area (Å²) in [5.74, 6) is 1.96. The molecule has 0 aliphatic rings. The minimum absolute atomic E-state index is 0.942. The quantitative estimate of drug-likeness (QED) is 0.368. The van der Waals surface area contributed by atoms with Gasteiger partial charge in [-0.3, -0.25) is 0 Å². The topological polar surface area (TPSA) is 0 Å². The van der Waals surface area contributed by atoms with Gasteiger partial charge >= 0.3 is 0 Å². The normalized spacial score (nSPS) is 15.0. The van der Waals surface area contributed by atoms with Crippen LogP contribution < -0.4 is 0 Å². The zero-order valence-corrected chi connectivity index (χ0v) is 12.2. The van der Waals surface area contributed by atoms with E-state index in [4.69, 9.17) is 0 Å². The fraction of sp³-hybridized carbons (Fsp3) is 1.00. The molecule has 0 amide bonds. The van der Waals surface area contributed by atoms with Gasteiger partial charge in [0.2, 0.25) is 0 Å². The minimum Gasteiger partial charge on any atom is -0.0654 e. The molecule has 0 aromatic carbocycles. The molecule has 0 heterocycles. The van der Waals surface area contributed by atoms with Crippen molar-refractivity contribution < 1.29 is 0 Å². The Balaban J connectivity index is 3.43. The molecule has 0 aliphatic heterocycles. The van der Waals surface area contributed by atoms with Crippen LogP contribution in [-0.4, -0.2) is 0 Å². The monoisotopic (exact) mass is 226 g/mol. The van der Waals surface area contributed by atoms with E-state index < -0.39 is 0 Å². The second-order valence-electron chi connectivity index (χ2n) is 5.57. The number of hydrogen-bond acceptors (Lipinski definition) is 0. The van der Waals surface area contributed by atoms with Gasteiger partial charge in [-0.1, -0.05) is 91.9 Å². The molecule has 0 spiro atoms. The van der Waals surface area contributed by atoms with Crippen molar-refractivity contribution in [2.75, 3.05) is 0 Å². The lowest BCUT2D eigenvalue weighted by Crippen LogP contribution is -2.01.